The summed E-state index contributed by atoms with van der Waals surface area (Å²) in [5.74, 6) is -1.19. The van der Waals surface area contributed by atoms with Crippen LogP contribution in [0.5, 0.6) is 0 Å². The molecule has 0 bridgehead atoms. The monoisotopic (exact) mass is 298 g/mol. The van der Waals surface area contributed by atoms with Gasteiger partial charge < -0.3 is 5.73 Å². The molecule has 4 nitrogen and oxygen atoms in total. The molecular formula is C13H12F2N2O2S. The molecule has 0 unspecified atom stereocenters. The van der Waals surface area contributed by atoms with Gasteiger partial charge in [-0.25, -0.2) is 17.2 Å². The molecule has 0 radical (unpaired) electrons. The molecular weight excluding hydrogens is 286 g/mol. The maximum absolute atomic E-state index is 13.2. The van der Waals surface area contributed by atoms with Crippen LogP contribution in [0.25, 0.3) is 0 Å². The summed E-state index contributed by atoms with van der Waals surface area (Å²) in [6, 6.07) is 8.13. The average Bonchev–Trinajstić information content (AvgIpc) is 2.37. The molecule has 7 heteroatoms. The van der Waals surface area contributed by atoms with Gasteiger partial charge in [-0.1, -0.05) is 6.07 Å². The highest BCUT2D eigenvalue weighted by molar-refractivity contribution is 7.93. The number of nitrogen functional groups attached to an aromatic ring is 1. The number of halogens is 2. The molecule has 0 aromatic heterocycles. The standard InChI is InChI=1S/C13H12F2N2O2S/c1-17(11-4-2-3-9(14)7-11)20(18,19)13-6-5-10(15)8-12(13)16/h2-8H,16H2,1H3. The Hall–Kier alpha value is -2.15. The van der Waals surface area contributed by atoms with E-state index in [0.29, 0.717) is 0 Å². The molecule has 106 valence electrons. The first-order valence-electron chi connectivity index (χ1n) is 5.62. The smallest absolute Gasteiger partial charge is 0.266 e. The van der Waals surface area contributed by atoms with Gasteiger partial charge in [-0.3, -0.25) is 4.31 Å². The Bertz CT molecular complexity index is 748. The van der Waals surface area contributed by atoms with Crippen molar-refractivity contribution in [2.75, 3.05) is 17.1 Å². The Balaban J connectivity index is 2.49. The highest BCUT2D eigenvalue weighted by Crippen LogP contribution is 2.26. The Morgan fingerprint density at radius 2 is 1.70 bits per heavy atom. The summed E-state index contributed by atoms with van der Waals surface area (Å²) in [6.07, 6.45) is 0. The summed E-state index contributed by atoms with van der Waals surface area (Å²) >= 11 is 0. The van der Waals surface area contributed by atoms with Crippen LogP contribution in [0.3, 0.4) is 0 Å². The van der Waals surface area contributed by atoms with Crippen LogP contribution in [0.1, 0.15) is 0 Å². The number of rotatable bonds is 3. The van der Waals surface area contributed by atoms with Gasteiger partial charge >= 0.3 is 0 Å². The molecule has 0 fully saturated rings. The van der Waals surface area contributed by atoms with E-state index in [2.05, 4.69) is 0 Å². The highest BCUT2D eigenvalue weighted by Gasteiger charge is 2.24. The third kappa shape index (κ3) is 2.57. The fourth-order valence-corrected chi connectivity index (χ4v) is 3.00. The zero-order valence-electron chi connectivity index (χ0n) is 10.5. The van der Waals surface area contributed by atoms with E-state index in [0.717, 1.165) is 28.6 Å². The van der Waals surface area contributed by atoms with E-state index >= 15 is 0 Å². The molecule has 2 rings (SSSR count). The number of nitrogens with two attached hydrogens (primary N) is 1. The summed E-state index contributed by atoms with van der Waals surface area (Å²) < 4.78 is 51.8. The fraction of sp³-hybridized carbons (Fsp3) is 0.0769. The number of benzene rings is 2. The van der Waals surface area contributed by atoms with Crippen LogP contribution in [0, 0.1) is 11.6 Å². The van der Waals surface area contributed by atoms with Gasteiger partial charge in [-0.2, -0.15) is 0 Å². The first-order valence-corrected chi connectivity index (χ1v) is 7.06. The number of hydrogen-bond acceptors (Lipinski definition) is 3. The van der Waals surface area contributed by atoms with E-state index in [4.69, 9.17) is 5.73 Å². The Kier molecular flexibility index (Phi) is 3.63. The molecule has 0 heterocycles. The first-order chi connectivity index (χ1) is 9.32. The van der Waals surface area contributed by atoms with E-state index in [1.165, 1.54) is 25.2 Å². The third-order valence-corrected chi connectivity index (χ3v) is 4.64. The molecule has 0 saturated heterocycles. The number of sulfonamides is 1. The molecule has 0 atom stereocenters. The van der Waals surface area contributed by atoms with E-state index < -0.39 is 21.7 Å². The lowest BCUT2D eigenvalue weighted by Gasteiger charge is -2.20. The zero-order valence-corrected chi connectivity index (χ0v) is 11.4. The predicted octanol–water partition coefficient (Wildman–Crippen LogP) is 2.37. The highest BCUT2D eigenvalue weighted by atomic mass is 32.2. The maximum Gasteiger partial charge on any atom is 0.266 e. The first kappa shape index (κ1) is 14.3. The van der Waals surface area contributed by atoms with Crippen molar-refractivity contribution >= 4 is 21.4 Å². The van der Waals surface area contributed by atoms with Crippen molar-refractivity contribution < 1.29 is 17.2 Å². The summed E-state index contributed by atoms with van der Waals surface area (Å²) in [6.45, 7) is 0. The lowest BCUT2D eigenvalue weighted by atomic mass is 10.3. The van der Waals surface area contributed by atoms with Crippen LogP contribution in [-0.4, -0.2) is 15.5 Å². The van der Waals surface area contributed by atoms with Gasteiger partial charge in [0.1, 0.15) is 16.5 Å². The number of hydrogen-bond donors (Lipinski definition) is 1. The molecule has 2 N–H and O–H groups in total. The minimum absolute atomic E-state index is 0.147. The molecule has 0 aliphatic carbocycles. The van der Waals surface area contributed by atoms with Gasteiger partial charge in [-0.15, -0.1) is 0 Å². The SMILES string of the molecule is CN(c1cccc(F)c1)S(=O)(=O)c1ccc(F)cc1N. The minimum Gasteiger partial charge on any atom is -0.398 e. The zero-order chi connectivity index (χ0) is 14.9. The van der Waals surface area contributed by atoms with E-state index in [9.17, 15) is 17.2 Å². The molecule has 20 heavy (non-hydrogen) atoms. The molecule has 0 aliphatic rings. The summed E-state index contributed by atoms with van der Waals surface area (Å²) in [5.41, 5.74) is 5.48. The van der Waals surface area contributed by atoms with Crippen LogP contribution in [0.15, 0.2) is 47.4 Å². The van der Waals surface area contributed by atoms with E-state index in [1.807, 2.05) is 0 Å². The van der Waals surface area contributed by atoms with Crippen LogP contribution in [-0.2, 0) is 10.0 Å². The summed E-state index contributed by atoms with van der Waals surface area (Å²) in [7, 11) is -2.71. The lowest BCUT2D eigenvalue weighted by Crippen LogP contribution is -2.27. The summed E-state index contributed by atoms with van der Waals surface area (Å²) in [5, 5.41) is 0. The van der Waals surface area contributed by atoms with Crippen molar-refractivity contribution in [3.63, 3.8) is 0 Å². The second-order valence-electron chi connectivity index (χ2n) is 4.13. The van der Waals surface area contributed by atoms with Crippen molar-refractivity contribution in [1.29, 1.82) is 0 Å². The predicted molar refractivity (Wildman–Crippen MR) is 72.8 cm³/mol. The van der Waals surface area contributed by atoms with Gasteiger partial charge in [0.05, 0.1) is 11.4 Å². The topological polar surface area (TPSA) is 63.4 Å². The number of anilines is 2. The minimum atomic E-state index is -3.98. The average molecular weight is 298 g/mol. The van der Waals surface area contributed by atoms with Crippen molar-refractivity contribution in [2.45, 2.75) is 4.90 Å². The Labute approximate surface area is 115 Å². The lowest BCUT2D eigenvalue weighted by molar-refractivity contribution is 0.593. The third-order valence-electron chi connectivity index (χ3n) is 2.78. The van der Waals surface area contributed by atoms with Crippen LogP contribution in [0.4, 0.5) is 20.2 Å². The van der Waals surface area contributed by atoms with Crippen LogP contribution < -0.4 is 10.0 Å². The van der Waals surface area contributed by atoms with Gasteiger partial charge in [-0.05, 0) is 36.4 Å². The van der Waals surface area contributed by atoms with E-state index in [-0.39, 0.29) is 16.3 Å². The maximum atomic E-state index is 13.2. The largest absolute Gasteiger partial charge is 0.398 e. The molecule has 0 amide bonds. The molecule has 0 aliphatic heterocycles. The van der Waals surface area contributed by atoms with Gasteiger partial charge in [0.2, 0.25) is 0 Å². The Morgan fingerprint density at radius 1 is 1.05 bits per heavy atom. The molecule has 2 aromatic carbocycles. The molecule has 0 saturated carbocycles. The summed E-state index contributed by atoms with van der Waals surface area (Å²) in [4.78, 5) is -0.231. The normalized spacial score (nSPS) is 11.3. The second kappa shape index (κ2) is 5.09. The van der Waals surface area contributed by atoms with Gasteiger partial charge in [0.25, 0.3) is 10.0 Å². The second-order valence-corrected chi connectivity index (χ2v) is 6.07. The Morgan fingerprint density at radius 3 is 2.30 bits per heavy atom. The van der Waals surface area contributed by atoms with Crippen molar-refractivity contribution in [3.8, 4) is 0 Å². The van der Waals surface area contributed by atoms with Gasteiger partial charge in [0, 0.05) is 7.05 Å². The van der Waals surface area contributed by atoms with Crippen LogP contribution >= 0.6 is 0 Å². The molecule has 2 aromatic rings. The van der Waals surface area contributed by atoms with E-state index in [1.54, 1.807) is 0 Å². The van der Waals surface area contributed by atoms with Crippen molar-refractivity contribution in [2.24, 2.45) is 0 Å². The number of nitrogens with zero attached hydrogens (tertiary/aromatic N) is 1. The van der Waals surface area contributed by atoms with Crippen molar-refractivity contribution in [1.82, 2.24) is 0 Å². The fourth-order valence-electron chi connectivity index (χ4n) is 1.71. The van der Waals surface area contributed by atoms with Gasteiger partial charge in [0.15, 0.2) is 0 Å². The quantitative estimate of drug-likeness (QED) is 0.885. The van der Waals surface area contributed by atoms with Crippen LogP contribution in [0.2, 0.25) is 0 Å². The van der Waals surface area contributed by atoms with Crippen molar-refractivity contribution in [3.05, 3.63) is 54.1 Å². The molecule has 0 spiro atoms.